The molecular formula is C14H22O. The van der Waals surface area contributed by atoms with Gasteiger partial charge in [0.25, 0.3) is 0 Å². The zero-order valence-electron chi connectivity index (χ0n) is 9.87. The van der Waals surface area contributed by atoms with Crippen molar-refractivity contribution in [1.82, 2.24) is 0 Å². The zero-order chi connectivity index (χ0) is 10.6. The summed E-state index contributed by atoms with van der Waals surface area (Å²) in [5.74, 6) is 2.08. The number of fused-ring (bicyclic) bond motifs is 2. The molecule has 1 N–H and O–H groups in total. The van der Waals surface area contributed by atoms with Crippen molar-refractivity contribution in [3.63, 3.8) is 0 Å². The predicted octanol–water partition coefficient (Wildman–Crippen LogP) is 3.14. The molecule has 1 nitrogen and oxygen atoms in total. The van der Waals surface area contributed by atoms with Crippen molar-refractivity contribution in [2.45, 2.75) is 52.1 Å². The van der Waals surface area contributed by atoms with Crippen LogP contribution >= 0.6 is 0 Å². The Bertz CT molecular complexity index is 302. The maximum absolute atomic E-state index is 10.1. The van der Waals surface area contributed by atoms with Crippen molar-refractivity contribution >= 4 is 0 Å². The van der Waals surface area contributed by atoms with Crippen LogP contribution in [-0.2, 0) is 0 Å². The van der Waals surface area contributed by atoms with E-state index in [0.717, 1.165) is 18.3 Å². The normalized spacial score (nSPS) is 47.3. The number of aliphatic hydroxyl groups excluding tert-OH is 1. The summed E-state index contributed by atoms with van der Waals surface area (Å²) in [4.78, 5) is 0. The maximum atomic E-state index is 10.1. The monoisotopic (exact) mass is 206 g/mol. The summed E-state index contributed by atoms with van der Waals surface area (Å²) < 4.78 is 0. The zero-order valence-corrected chi connectivity index (χ0v) is 9.87. The number of rotatable bonds is 0. The molecule has 0 aromatic carbocycles. The van der Waals surface area contributed by atoms with E-state index in [9.17, 15) is 5.11 Å². The fraction of sp³-hybridized carbons (Fsp3) is 0.857. The lowest BCUT2D eigenvalue weighted by Crippen LogP contribution is -2.28. The molecule has 3 aliphatic rings. The third kappa shape index (κ3) is 1.39. The topological polar surface area (TPSA) is 20.2 Å². The lowest BCUT2D eigenvalue weighted by Gasteiger charge is -2.35. The summed E-state index contributed by atoms with van der Waals surface area (Å²) in [7, 11) is 0. The Labute approximate surface area is 92.6 Å². The van der Waals surface area contributed by atoms with Crippen LogP contribution < -0.4 is 0 Å². The molecule has 15 heavy (non-hydrogen) atoms. The summed E-state index contributed by atoms with van der Waals surface area (Å²) in [6.45, 7) is 4.68. The molecule has 2 fully saturated rings. The number of hydrogen-bond donors (Lipinski definition) is 1. The van der Waals surface area contributed by atoms with Crippen molar-refractivity contribution in [2.24, 2.45) is 23.2 Å². The molecular weight excluding hydrogens is 184 g/mol. The molecule has 84 valence electrons. The van der Waals surface area contributed by atoms with Gasteiger partial charge in [-0.05, 0) is 49.4 Å². The van der Waals surface area contributed by atoms with Gasteiger partial charge < -0.3 is 5.11 Å². The maximum Gasteiger partial charge on any atom is 0.0610 e. The third-order valence-electron chi connectivity index (χ3n) is 5.14. The van der Waals surface area contributed by atoms with Crippen LogP contribution in [-0.4, -0.2) is 11.2 Å². The second-order valence-corrected chi connectivity index (χ2v) is 6.51. The molecule has 1 heteroatoms. The van der Waals surface area contributed by atoms with E-state index in [1.165, 1.54) is 25.7 Å². The van der Waals surface area contributed by atoms with Gasteiger partial charge in [0.15, 0.2) is 0 Å². The largest absolute Gasteiger partial charge is 0.392 e. The van der Waals surface area contributed by atoms with Gasteiger partial charge in [-0.15, -0.1) is 0 Å². The quantitative estimate of drug-likeness (QED) is 0.604. The molecule has 0 spiro atoms. The Morgan fingerprint density at radius 1 is 1.40 bits per heavy atom. The third-order valence-corrected chi connectivity index (χ3v) is 5.14. The van der Waals surface area contributed by atoms with Gasteiger partial charge in [0, 0.05) is 5.92 Å². The van der Waals surface area contributed by atoms with E-state index in [0.29, 0.717) is 11.3 Å². The number of allylic oxidation sites excluding steroid dienone is 1. The van der Waals surface area contributed by atoms with E-state index < -0.39 is 0 Å². The Hall–Kier alpha value is -0.300. The minimum absolute atomic E-state index is 0.0703. The molecule has 3 aliphatic carbocycles. The summed E-state index contributed by atoms with van der Waals surface area (Å²) in [5, 5.41) is 10.1. The fourth-order valence-electron chi connectivity index (χ4n) is 4.30. The molecule has 4 atom stereocenters. The van der Waals surface area contributed by atoms with Crippen LogP contribution in [0.25, 0.3) is 0 Å². The van der Waals surface area contributed by atoms with E-state index in [4.69, 9.17) is 0 Å². The highest BCUT2D eigenvalue weighted by atomic mass is 16.3. The first-order valence-corrected chi connectivity index (χ1v) is 6.46. The van der Waals surface area contributed by atoms with Crippen LogP contribution in [0.4, 0.5) is 0 Å². The Morgan fingerprint density at radius 3 is 3.00 bits per heavy atom. The minimum atomic E-state index is -0.0703. The highest BCUT2D eigenvalue weighted by Crippen LogP contribution is 2.55. The molecule has 0 saturated heterocycles. The van der Waals surface area contributed by atoms with Gasteiger partial charge >= 0.3 is 0 Å². The molecule has 2 saturated carbocycles. The smallest absolute Gasteiger partial charge is 0.0610 e. The first-order valence-electron chi connectivity index (χ1n) is 6.46. The van der Waals surface area contributed by atoms with Gasteiger partial charge in [-0.3, -0.25) is 0 Å². The molecule has 0 bridgehead atoms. The molecule has 0 amide bonds. The molecule has 0 aliphatic heterocycles. The van der Waals surface area contributed by atoms with Crippen LogP contribution in [0.1, 0.15) is 46.0 Å². The molecule has 0 aromatic heterocycles. The highest BCUT2D eigenvalue weighted by Gasteiger charge is 2.49. The highest BCUT2D eigenvalue weighted by molar-refractivity contribution is 5.21. The second kappa shape index (κ2) is 3.10. The predicted molar refractivity (Wildman–Crippen MR) is 61.4 cm³/mol. The van der Waals surface area contributed by atoms with Crippen LogP contribution in [0, 0.1) is 23.2 Å². The lowest BCUT2D eigenvalue weighted by atomic mass is 9.69. The van der Waals surface area contributed by atoms with Gasteiger partial charge in [0.1, 0.15) is 0 Å². The standard InChI is InChI=1S/C14H22O/c1-14(2)8-13(15)11-6-9-4-3-5-10(9)7-12(11)14/h6,10-13,15H,3-5,7-8H2,1-2H3/t10-,11-,12+,13+/m0/s1. The fourth-order valence-corrected chi connectivity index (χ4v) is 4.30. The van der Waals surface area contributed by atoms with E-state index in [1.807, 2.05) is 0 Å². The van der Waals surface area contributed by atoms with Crippen molar-refractivity contribution < 1.29 is 5.11 Å². The summed E-state index contributed by atoms with van der Waals surface area (Å²) in [5.41, 5.74) is 2.03. The van der Waals surface area contributed by atoms with Crippen molar-refractivity contribution in [3.8, 4) is 0 Å². The SMILES string of the molecule is CC1(C)C[C@@H](O)[C@H]2C=C3CCC[C@H]3C[C@H]21. The Morgan fingerprint density at radius 2 is 2.20 bits per heavy atom. The van der Waals surface area contributed by atoms with E-state index >= 15 is 0 Å². The summed E-state index contributed by atoms with van der Waals surface area (Å²) in [6, 6.07) is 0. The summed E-state index contributed by atoms with van der Waals surface area (Å²) in [6.07, 6.45) is 8.82. The van der Waals surface area contributed by atoms with E-state index in [2.05, 4.69) is 19.9 Å². The number of aliphatic hydroxyl groups is 1. The second-order valence-electron chi connectivity index (χ2n) is 6.51. The first-order chi connectivity index (χ1) is 7.08. The van der Waals surface area contributed by atoms with Gasteiger partial charge in [0.05, 0.1) is 6.10 Å². The van der Waals surface area contributed by atoms with E-state index in [-0.39, 0.29) is 6.10 Å². The molecule has 3 rings (SSSR count). The van der Waals surface area contributed by atoms with Crippen LogP contribution in [0.15, 0.2) is 11.6 Å². The first kappa shape index (κ1) is 9.89. The minimum Gasteiger partial charge on any atom is -0.392 e. The van der Waals surface area contributed by atoms with Gasteiger partial charge in [0.2, 0.25) is 0 Å². The molecule has 0 aromatic rings. The Balaban J connectivity index is 1.94. The molecule has 0 heterocycles. The van der Waals surface area contributed by atoms with Crippen molar-refractivity contribution in [2.75, 3.05) is 0 Å². The molecule has 0 unspecified atom stereocenters. The average Bonchev–Trinajstić information content (AvgIpc) is 2.68. The van der Waals surface area contributed by atoms with E-state index in [1.54, 1.807) is 5.57 Å². The average molecular weight is 206 g/mol. The van der Waals surface area contributed by atoms with Crippen LogP contribution in [0.5, 0.6) is 0 Å². The van der Waals surface area contributed by atoms with Crippen molar-refractivity contribution in [1.29, 1.82) is 0 Å². The van der Waals surface area contributed by atoms with Gasteiger partial charge in [-0.25, -0.2) is 0 Å². The number of hydrogen-bond acceptors (Lipinski definition) is 1. The summed E-state index contributed by atoms with van der Waals surface area (Å²) >= 11 is 0. The van der Waals surface area contributed by atoms with Crippen molar-refractivity contribution in [3.05, 3.63) is 11.6 Å². The van der Waals surface area contributed by atoms with Crippen LogP contribution in [0.2, 0.25) is 0 Å². The van der Waals surface area contributed by atoms with Gasteiger partial charge in [-0.2, -0.15) is 0 Å². The lowest BCUT2D eigenvalue weighted by molar-refractivity contribution is 0.133. The Kier molecular flexibility index (Phi) is 2.04. The molecule has 0 radical (unpaired) electrons. The van der Waals surface area contributed by atoms with Crippen LogP contribution in [0.3, 0.4) is 0 Å². The van der Waals surface area contributed by atoms with Gasteiger partial charge in [-0.1, -0.05) is 25.5 Å².